The number of rotatable bonds is 8. The fourth-order valence-corrected chi connectivity index (χ4v) is 14.9. The van der Waals surface area contributed by atoms with Crippen LogP contribution in [0.1, 0.15) is 33.4 Å². The van der Waals surface area contributed by atoms with Gasteiger partial charge in [-0.05, 0) is 88.1 Å². The molecule has 8 rings (SSSR count). The minimum Gasteiger partial charge on any atom is -0.485 e. The van der Waals surface area contributed by atoms with E-state index in [4.69, 9.17) is 18.9 Å². The molecule has 6 aromatic rings. The second-order valence-electron chi connectivity index (χ2n) is 12.1. The molecule has 6 heterocycles. The second kappa shape index (κ2) is 13.9. The monoisotopic (exact) mass is 778 g/mol. The zero-order chi connectivity index (χ0) is 33.8. The predicted molar refractivity (Wildman–Crippen MR) is 211 cm³/mol. The van der Waals surface area contributed by atoms with Crippen LogP contribution >= 0.6 is 80.6 Å². The standard InChI is InChI=1S/C38H34O4S7/c1-19-15-21(3)33(22(4)16-19)45-27-9-7-25(43-27)35-29-31(41-13-11-39-29)37(47-35)49-38-32-30(40-12-14-42-32)36(48-38)26-8-10-28(44-26)46-34-23(5)17-20(2)18-24(34)6/h7-10,15-18H,11-14H2,1-6H3. The Morgan fingerprint density at radius 2 is 0.816 bits per heavy atom. The molecule has 0 N–H and O–H groups in total. The van der Waals surface area contributed by atoms with E-state index in [1.54, 1.807) is 34.4 Å². The van der Waals surface area contributed by atoms with E-state index >= 15 is 0 Å². The molecule has 0 radical (unpaired) electrons. The second-order valence-corrected chi connectivity index (χ2v) is 20.5. The van der Waals surface area contributed by atoms with Crippen LogP contribution in [-0.2, 0) is 0 Å². The number of ether oxygens (including phenoxy) is 4. The Hall–Kier alpha value is -2.51. The first-order valence-electron chi connectivity index (χ1n) is 16.0. The number of benzene rings is 2. The number of hydrogen-bond donors (Lipinski definition) is 0. The van der Waals surface area contributed by atoms with E-state index in [1.165, 1.54) is 61.3 Å². The van der Waals surface area contributed by atoms with Crippen LogP contribution in [0.5, 0.6) is 23.0 Å². The van der Waals surface area contributed by atoms with Gasteiger partial charge in [0.15, 0.2) is 23.0 Å². The number of fused-ring (bicyclic) bond motifs is 2. The van der Waals surface area contributed by atoms with Crippen molar-refractivity contribution < 1.29 is 18.9 Å². The van der Waals surface area contributed by atoms with Gasteiger partial charge in [0.2, 0.25) is 0 Å². The van der Waals surface area contributed by atoms with Crippen molar-refractivity contribution in [3.63, 3.8) is 0 Å². The molecule has 0 unspecified atom stereocenters. The third-order valence-corrected chi connectivity index (χ3v) is 17.3. The van der Waals surface area contributed by atoms with E-state index < -0.39 is 0 Å². The van der Waals surface area contributed by atoms with Gasteiger partial charge in [0, 0.05) is 19.5 Å². The molecule has 4 nitrogen and oxygen atoms in total. The number of hydrogen-bond acceptors (Lipinski definition) is 11. The van der Waals surface area contributed by atoms with Crippen LogP contribution < -0.4 is 18.9 Å². The van der Waals surface area contributed by atoms with Crippen molar-refractivity contribution in [3.8, 4) is 42.5 Å². The van der Waals surface area contributed by atoms with Crippen LogP contribution in [0, 0.1) is 41.5 Å². The Bertz CT molecular complexity index is 2000. The smallest absolute Gasteiger partial charge is 0.186 e. The van der Waals surface area contributed by atoms with Crippen molar-refractivity contribution >= 4 is 80.6 Å². The lowest BCUT2D eigenvalue weighted by Crippen LogP contribution is -2.15. The van der Waals surface area contributed by atoms with Crippen molar-refractivity contribution in [2.24, 2.45) is 0 Å². The van der Waals surface area contributed by atoms with Gasteiger partial charge in [-0.1, -0.05) is 70.7 Å². The third-order valence-electron chi connectivity index (χ3n) is 8.15. The van der Waals surface area contributed by atoms with E-state index in [1.807, 2.05) is 46.2 Å². The molecule has 2 aromatic carbocycles. The maximum atomic E-state index is 6.29. The molecule has 2 aliphatic rings. The quantitative estimate of drug-likeness (QED) is 0.152. The van der Waals surface area contributed by atoms with Gasteiger partial charge in [0.25, 0.3) is 0 Å². The Balaban J connectivity index is 1.09. The van der Waals surface area contributed by atoms with Gasteiger partial charge < -0.3 is 18.9 Å². The molecule has 0 spiro atoms. The zero-order valence-corrected chi connectivity index (χ0v) is 33.7. The van der Waals surface area contributed by atoms with Crippen molar-refractivity contribution in [2.75, 3.05) is 26.4 Å². The topological polar surface area (TPSA) is 36.9 Å². The van der Waals surface area contributed by atoms with Gasteiger partial charge in [0.1, 0.15) is 34.8 Å². The van der Waals surface area contributed by atoms with Gasteiger partial charge in [0.05, 0.1) is 18.2 Å². The highest BCUT2D eigenvalue weighted by Gasteiger charge is 2.32. The molecule has 0 saturated heterocycles. The Morgan fingerprint density at radius 1 is 0.449 bits per heavy atom. The van der Waals surface area contributed by atoms with Gasteiger partial charge in [-0.25, -0.2) is 0 Å². The van der Waals surface area contributed by atoms with Crippen LogP contribution in [0.15, 0.2) is 75.2 Å². The number of thiophene rings is 4. The van der Waals surface area contributed by atoms with Gasteiger partial charge in [-0.2, -0.15) is 0 Å². The molecule has 0 saturated carbocycles. The van der Waals surface area contributed by atoms with E-state index in [0.717, 1.165) is 41.2 Å². The Labute approximate surface area is 316 Å². The highest BCUT2D eigenvalue weighted by molar-refractivity contribution is 8.03. The van der Waals surface area contributed by atoms with Crippen molar-refractivity contribution in [2.45, 2.75) is 68.2 Å². The lowest BCUT2D eigenvalue weighted by molar-refractivity contribution is 0.170. The molecule has 0 atom stereocenters. The fourth-order valence-electron chi connectivity index (χ4n) is 6.24. The van der Waals surface area contributed by atoms with Gasteiger partial charge >= 0.3 is 0 Å². The molecule has 49 heavy (non-hydrogen) atoms. The van der Waals surface area contributed by atoms with E-state index in [-0.39, 0.29) is 0 Å². The molecule has 2 aliphatic heterocycles. The van der Waals surface area contributed by atoms with Crippen LogP contribution in [0.3, 0.4) is 0 Å². The minimum atomic E-state index is 0.539. The summed E-state index contributed by atoms with van der Waals surface area (Å²) in [5.74, 6) is 3.37. The first-order chi connectivity index (χ1) is 23.7. The van der Waals surface area contributed by atoms with Crippen LogP contribution in [0.25, 0.3) is 19.5 Å². The molecule has 0 bridgehead atoms. The molecule has 0 amide bonds. The first-order valence-corrected chi connectivity index (χ1v) is 21.7. The summed E-state index contributed by atoms with van der Waals surface area (Å²) in [7, 11) is 0. The Morgan fingerprint density at radius 3 is 1.20 bits per heavy atom. The summed E-state index contributed by atoms with van der Waals surface area (Å²) in [4.78, 5) is 7.30. The maximum absolute atomic E-state index is 6.29. The summed E-state index contributed by atoms with van der Waals surface area (Å²) in [6.07, 6.45) is 0. The SMILES string of the molecule is Cc1cc(C)c(Sc2ccc(-c3sc(Sc4sc(-c5ccc(Sc6c(C)cc(C)cc6C)s5)c5c4OCCO5)c4c3OCCO4)s2)c(C)c1. The fraction of sp³-hybridized carbons (Fsp3) is 0.263. The van der Waals surface area contributed by atoms with Gasteiger partial charge in [-0.3, -0.25) is 0 Å². The van der Waals surface area contributed by atoms with E-state index in [2.05, 4.69) is 90.1 Å². The normalized spacial score (nSPS) is 13.7. The summed E-state index contributed by atoms with van der Waals surface area (Å²) in [6.45, 7) is 15.3. The van der Waals surface area contributed by atoms with Gasteiger partial charge in [-0.15, -0.1) is 45.3 Å². The van der Waals surface area contributed by atoms with Crippen molar-refractivity contribution in [1.29, 1.82) is 0 Å². The maximum Gasteiger partial charge on any atom is 0.186 e. The van der Waals surface area contributed by atoms with Crippen LogP contribution in [0.2, 0.25) is 0 Å². The summed E-state index contributed by atoms with van der Waals surface area (Å²) in [5, 5.41) is 0. The average Bonchev–Trinajstić information content (AvgIpc) is 3.87. The largest absolute Gasteiger partial charge is 0.485 e. The minimum absolute atomic E-state index is 0.539. The summed E-state index contributed by atoms with van der Waals surface area (Å²) in [5.41, 5.74) is 7.88. The summed E-state index contributed by atoms with van der Waals surface area (Å²) in [6, 6.07) is 18.0. The van der Waals surface area contributed by atoms with Crippen LogP contribution in [-0.4, -0.2) is 26.4 Å². The molecule has 11 heteroatoms. The predicted octanol–water partition coefficient (Wildman–Crippen LogP) is 13.1. The highest BCUT2D eigenvalue weighted by atomic mass is 32.2. The summed E-state index contributed by atoms with van der Waals surface area (Å²) < 4.78 is 29.8. The van der Waals surface area contributed by atoms with Crippen molar-refractivity contribution in [3.05, 3.63) is 81.9 Å². The molecule has 0 fully saturated rings. The van der Waals surface area contributed by atoms with Crippen molar-refractivity contribution in [1.82, 2.24) is 0 Å². The molecule has 4 aromatic heterocycles. The van der Waals surface area contributed by atoms with Crippen LogP contribution in [0.4, 0.5) is 0 Å². The Kier molecular flexibility index (Phi) is 9.54. The highest BCUT2D eigenvalue weighted by Crippen LogP contribution is 2.61. The number of aryl methyl sites for hydroxylation is 6. The van der Waals surface area contributed by atoms with E-state index in [0.29, 0.717) is 26.4 Å². The first kappa shape index (κ1) is 33.6. The molecular weight excluding hydrogens is 745 g/mol. The van der Waals surface area contributed by atoms with E-state index in [9.17, 15) is 0 Å². The average molecular weight is 779 g/mol. The lowest BCUT2D eigenvalue weighted by Gasteiger charge is -2.18. The molecule has 0 aliphatic carbocycles. The summed E-state index contributed by atoms with van der Waals surface area (Å²) >= 11 is 12.5. The molecular formula is C38H34O4S7. The zero-order valence-electron chi connectivity index (χ0n) is 27.9. The third kappa shape index (κ3) is 6.68. The lowest BCUT2D eigenvalue weighted by atomic mass is 10.1. The molecule has 252 valence electrons.